The van der Waals surface area contributed by atoms with Crippen molar-refractivity contribution in [1.29, 1.82) is 0 Å². The first-order chi connectivity index (χ1) is 7.66. The van der Waals surface area contributed by atoms with Crippen molar-refractivity contribution < 1.29 is 5.11 Å². The molecule has 1 unspecified atom stereocenters. The summed E-state index contributed by atoms with van der Waals surface area (Å²) in [4.78, 5) is 0. The van der Waals surface area contributed by atoms with Crippen molar-refractivity contribution in [3.63, 3.8) is 0 Å². The molecular weight excluding hydrogens is 198 g/mol. The van der Waals surface area contributed by atoms with Gasteiger partial charge < -0.3 is 10.8 Å². The topological polar surface area (TPSA) is 46.2 Å². The third-order valence-corrected chi connectivity index (χ3v) is 2.50. The van der Waals surface area contributed by atoms with Crippen LogP contribution in [0, 0.1) is 0 Å². The first kappa shape index (κ1) is 10.9. The van der Waals surface area contributed by atoms with Gasteiger partial charge in [0.25, 0.3) is 0 Å². The molecule has 0 fully saturated rings. The van der Waals surface area contributed by atoms with Crippen molar-refractivity contribution in [3.8, 4) is 0 Å². The average Bonchev–Trinajstić information content (AvgIpc) is 2.29. The lowest BCUT2D eigenvalue weighted by molar-refractivity contribution is 0.100. The van der Waals surface area contributed by atoms with Gasteiger partial charge in [0, 0.05) is 6.42 Å². The summed E-state index contributed by atoms with van der Waals surface area (Å²) >= 11 is 0. The van der Waals surface area contributed by atoms with Gasteiger partial charge in [-0.25, -0.2) is 0 Å². The van der Waals surface area contributed by atoms with E-state index in [0.29, 0.717) is 6.42 Å². The summed E-state index contributed by atoms with van der Waals surface area (Å²) in [5.74, 6) is 0. The van der Waals surface area contributed by atoms with Crippen molar-refractivity contribution in [2.75, 3.05) is 0 Å². The lowest BCUT2D eigenvalue weighted by atomic mass is 10.00. The molecule has 0 aliphatic heterocycles. The van der Waals surface area contributed by atoms with Crippen LogP contribution in [-0.2, 0) is 0 Å². The molecule has 16 heavy (non-hydrogen) atoms. The molecule has 1 aromatic rings. The first-order valence-corrected chi connectivity index (χ1v) is 5.29. The van der Waals surface area contributed by atoms with E-state index in [0.717, 1.165) is 11.1 Å². The third-order valence-electron chi connectivity index (χ3n) is 2.50. The van der Waals surface area contributed by atoms with Crippen LogP contribution in [0.25, 0.3) is 6.08 Å². The van der Waals surface area contributed by atoms with E-state index >= 15 is 0 Å². The number of hydrogen-bond acceptors (Lipinski definition) is 2. The van der Waals surface area contributed by atoms with Crippen molar-refractivity contribution in [3.05, 3.63) is 65.8 Å². The molecule has 1 aliphatic carbocycles. The maximum absolute atomic E-state index is 9.50. The van der Waals surface area contributed by atoms with Gasteiger partial charge in [-0.2, -0.15) is 0 Å². The highest BCUT2D eigenvalue weighted by atomic mass is 16.3. The predicted molar refractivity (Wildman–Crippen MR) is 66.5 cm³/mol. The van der Waals surface area contributed by atoms with Gasteiger partial charge in [-0.3, -0.25) is 0 Å². The van der Waals surface area contributed by atoms with Crippen molar-refractivity contribution in [2.45, 2.75) is 12.1 Å². The van der Waals surface area contributed by atoms with E-state index in [1.54, 1.807) is 6.08 Å². The molecule has 0 radical (unpaired) electrons. The summed E-state index contributed by atoms with van der Waals surface area (Å²) in [5.41, 5.74) is 6.60. The molecule has 0 heterocycles. The normalized spacial score (nSPS) is 24.8. The number of aliphatic hydroxyl groups is 1. The van der Waals surface area contributed by atoms with Crippen molar-refractivity contribution in [1.82, 2.24) is 0 Å². The minimum Gasteiger partial charge on any atom is -0.372 e. The second kappa shape index (κ2) is 4.47. The van der Waals surface area contributed by atoms with Gasteiger partial charge in [-0.05, 0) is 17.2 Å². The fraction of sp³-hybridized carbons (Fsp3) is 0.143. The van der Waals surface area contributed by atoms with Gasteiger partial charge in [-0.1, -0.05) is 54.6 Å². The quantitative estimate of drug-likeness (QED) is 0.740. The predicted octanol–water partition coefficient (Wildman–Crippen LogP) is 2.23. The molecule has 3 N–H and O–H groups in total. The zero-order valence-electron chi connectivity index (χ0n) is 9.01. The Hall–Kier alpha value is -1.64. The largest absolute Gasteiger partial charge is 0.372 e. The van der Waals surface area contributed by atoms with Gasteiger partial charge in [0.05, 0.1) is 0 Å². The van der Waals surface area contributed by atoms with E-state index in [9.17, 15) is 5.11 Å². The molecule has 2 rings (SSSR count). The maximum atomic E-state index is 9.50. The van der Waals surface area contributed by atoms with Crippen LogP contribution in [0.15, 0.2) is 60.2 Å². The molecule has 0 spiro atoms. The Morgan fingerprint density at radius 2 is 1.94 bits per heavy atom. The summed E-state index contributed by atoms with van der Waals surface area (Å²) in [6, 6.07) is 10.1. The smallest absolute Gasteiger partial charge is 0.136 e. The number of nitrogens with two attached hydrogens (primary N) is 1. The van der Waals surface area contributed by atoms with Crippen LogP contribution in [0.1, 0.15) is 12.0 Å². The van der Waals surface area contributed by atoms with E-state index < -0.39 is 5.72 Å². The highest BCUT2D eigenvalue weighted by Crippen LogP contribution is 2.17. The standard InChI is InChI=1S/C14H15NO/c15-14(16)10-8-13(9-11-14)7-6-12-4-2-1-3-5-12/h1-10,16H,11,15H2. The van der Waals surface area contributed by atoms with E-state index in [1.807, 2.05) is 54.6 Å². The fourth-order valence-corrected chi connectivity index (χ4v) is 1.54. The zero-order valence-corrected chi connectivity index (χ0v) is 9.01. The lowest BCUT2D eigenvalue weighted by Crippen LogP contribution is -2.37. The minimum atomic E-state index is -1.18. The van der Waals surface area contributed by atoms with Gasteiger partial charge in [0.2, 0.25) is 0 Å². The molecule has 1 aliphatic rings. The molecule has 1 atom stereocenters. The summed E-state index contributed by atoms with van der Waals surface area (Å²) in [6.07, 6.45) is 9.90. The summed E-state index contributed by atoms with van der Waals surface area (Å²) < 4.78 is 0. The fourth-order valence-electron chi connectivity index (χ4n) is 1.54. The number of allylic oxidation sites excluding steroid dienone is 3. The first-order valence-electron chi connectivity index (χ1n) is 5.29. The van der Waals surface area contributed by atoms with E-state index in [1.165, 1.54) is 0 Å². The second-order valence-electron chi connectivity index (χ2n) is 3.98. The average molecular weight is 213 g/mol. The maximum Gasteiger partial charge on any atom is 0.136 e. The van der Waals surface area contributed by atoms with Crippen LogP contribution in [0.5, 0.6) is 0 Å². The Morgan fingerprint density at radius 3 is 2.56 bits per heavy atom. The van der Waals surface area contributed by atoms with Crippen LogP contribution in [0.4, 0.5) is 0 Å². The van der Waals surface area contributed by atoms with E-state index in [-0.39, 0.29) is 0 Å². The van der Waals surface area contributed by atoms with Gasteiger partial charge in [0.1, 0.15) is 5.72 Å². The molecule has 0 saturated carbocycles. The molecule has 2 nitrogen and oxygen atoms in total. The van der Waals surface area contributed by atoms with E-state index in [2.05, 4.69) is 0 Å². The van der Waals surface area contributed by atoms with Crippen LogP contribution >= 0.6 is 0 Å². The van der Waals surface area contributed by atoms with Crippen LogP contribution < -0.4 is 5.73 Å². The molecule has 0 aromatic heterocycles. The SMILES string of the molecule is NC1(O)C=CC(C=Cc2ccccc2)=CC1. The molecule has 0 amide bonds. The lowest BCUT2D eigenvalue weighted by Gasteiger charge is -2.20. The van der Waals surface area contributed by atoms with Gasteiger partial charge in [0.15, 0.2) is 0 Å². The second-order valence-corrected chi connectivity index (χ2v) is 3.98. The number of benzene rings is 1. The van der Waals surface area contributed by atoms with Crippen LogP contribution in [0.2, 0.25) is 0 Å². The van der Waals surface area contributed by atoms with Crippen LogP contribution in [0.3, 0.4) is 0 Å². The number of hydrogen-bond donors (Lipinski definition) is 2. The molecule has 1 aromatic carbocycles. The highest BCUT2D eigenvalue weighted by molar-refractivity contribution is 5.55. The van der Waals surface area contributed by atoms with Crippen LogP contribution in [-0.4, -0.2) is 10.8 Å². The summed E-state index contributed by atoms with van der Waals surface area (Å²) in [5, 5.41) is 9.50. The Labute approximate surface area is 95.4 Å². The Morgan fingerprint density at radius 1 is 1.19 bits per heavy atom. The summed E-state index contributed by atoms with van der Waals surface area (Å²) in [7, 11) is 0. The highest BCUT2D eigenvalue weighted by Gasteiger charge is 2.17. The molecule has 0 bridgehead atoms. The monoisotopic (exact) mass is 213 g/mol. The van der Waals surface area contributed by atoms with E-state index in [4.69, 9.17) is 5.73 Å². The number of rotatable bonds is 2. The molecule has 82 valence electrons. The molecule has 2 heteroatoms. The molecule has 0 saturated heterocycles. The summed E-state index contributed by atoms with van der Waals surface area (Å²) in [6.45, 7) is 0. The third kappa shape index (κ3) is 2.92. The Kier molecular flexibility index (Phi) is 3.04. The van der Waals surface area contributed by atoms with Crippen molar-refractivity contribution >= 4 is 6.08 Å². The minimum absolute atomic E-state index is 0.456. The molecular formula is C14H15NO. The zero-order chi connectivity index (χ0) is 11.4. The Bertz CT molecular complexity index is 441. The van der Waals surface area contributed by atoms with Crippen molar-refractivity contribution in [2.24, 2.45) is 5.73 Å². The van der Waals surface area contributed by atoms with Gasteiger partial charge in [-0.15, -0.1) is 0 Å². The van der Waals surface area contributed by atoms with Gasteiger partial charge >= 0.3 is 0 Å². The Balaban J connectivity index is 2.05.